The molecule has 0 bridgehead atoms. The molecule has 2 aromatic rings. The van der Waals surface area contributed by atoms with E-state index in [1.165, 1.54) is 9.87 Å². The van der Waals surface area contributed by atoms with E-state index < -0.39 is 25.9 Å². The van der Waals surface area contributed by atoms with Gasteiger partial charge in [-0.1, -0.05) is 18.2 Å². The molecule has 0 spiro atoms. The number of rotatable bonds is 6. The van der Waals surface area contributed by atoms with Crippen molar-refractivity contribution in [2.45, 2.75) is 43.2 Å². The normalized spacial score (nSPS) is 20.7. The van der Waals surface area contributed by atoms with Crippen molar-refractivity contribution in [1.29, 1.82) is 0 Å². The van der Waals surface area contributed by atoms with Crippen LogP contribution in [0, 0.1) is 0 Å². The molecular formula is C21H25NO5S2. The zero-order valence-electron chi connectivity index (χ0n) is 16.4. The minimum Gasteiger partial charge on any atom is -0.497 e. The predicted octanol–water partition coefficient (Wildman–Crippen LogP) is 2.56. The Balaban J connectivity index is 1.70. The number of hydrogen-bond donors (Lipinski definition) is 0. The van der Waals surface area contributed by atoms with Gasteiger partial charge >= 0.3 is 0 Å². The molecule has 2 aliphatic rings. The van der Waals surface area contributed by atoms with Crippen molar-refractivity contribution in [2.24, 2.45) is 0 Å². The Morgan fingerprint density at radius 3 is 2.45 bits per heavy atom. The Bertz CT molecular complexity index is 1110. The molecule has 0 saturated carbocycles. The standard InChI is InChI=1S/C21H25NO5S2/c1-27-20-8-5-16(6-9-20)14-22(19-11-12-28(23,24)15-19)29(25,26)21-10-7-17-3-2-4-18(17)13-21/h5-10,13,19H,2-4,11-12,14-15H2,1H3/t19-/m1/s1. The SMILES string of the molecule is COc1ccc(CN([C@@H]2CCS(=O)(=O)C2)S(=O)(=O)c2ccc3c(c2)CCC3)cc1. The Labute approximate surface area is 172 Å². The third kappa shape index (κ3) is 4.20. The summed E-state index contributed by atoms with van der Waals surface area (Å²) in [5, 5.41) is 0. The summed E-state index contributed by atoms with van der Waals surface area (Å²) in [6.07, 6.45) is 3.22. The number of nitrogens with zero attached hydrogens (tertiary/aromatic N) is 1. The van der Waals surface area contributed by atoms with Crippen LogP contribution in [-0.2, 0) is 39.2 Å². The molecule has 4 rings (SSSR count). The highest BCUT2D eigenvalue weighted by atomic mass is 32.2. The van der Waals surface area contributed by atoms with Gasteiger partial charge in [0.15, 0.2) is 9.84 Å². The maximum absolute atomic E-state index is 13.6. The number of benzene rings is 2. The van der Waals surface area contributed by atoms with Crippen LogP contribution in [-0.4, -0.2) is 45.8 Å². The zero-order chi connectivity index (χ0) is 20.6. The van der Waals surface area contributed by atoms with Crippen LogP contribution in [0.4, 0.5) is 0 Å². The average molecular weight is 436 g/mol. The van der Waals surface area contributed by atoms with E-state index in [-0.39, 0.29) is 22.9 Å². The first-order chi connectivity index (χ1) is 13.8. The smallest absolute Gasteiger partial charge is 0.243 e. The summed E-state index contributed by atoms with van der Waals surface area (Å²) in [7, 11) is -5.48. The van der Waals surface area contributed by atoms with Crippen molar-refractivity contribution in [3.8, 4) is 5.75 Å². The third-order valence-electron chi connectivity index (χ3n) is 5.79. The summed E-state index contributed by atoms with van der Waals surface area (Å²) in [5.74, 6) is 0.578. The van der Waals surface area contributed by atoms with E-state index in [1.54, 1.807) is 31.4 Å². The Morgan fingerprint density at radius 1 is 1.07 bits per heavy atom. The molecule has 8 heteroatoms. The van der Waals surface area contributed by atoms with Crippen molar-refractivity contribution in [1.82, 2.24) is 4.31 Å². The first-order valence-electron chi connectivity index (χ1n) is 9.75. The lowest BCUT2D eigenvalue weighted by Crippen LogP contribution is -2.40. The molecule has 2 aromatic carbocycles. The van der Waals surface area contributed by atoms with Crippen LogP contribution in [0.3, 0.4) is 0 Å². The average Bonchev–Trinajstić information content (AvgIpc) is 3.31. The molecule has 1 aliphatic heterocycles. The highest BCUT2D eigenvalue weighted by Gasteiger charge is 2.39. The number of methoxy groups -OCH3 is 1. The molecule has 0 unspecified atom stereocenters. The number of sulfone groups is 1. The topological polar surface area (TPSA) is 80.8 Å². The van der Waals surface area contributed by atoms with Crippen LogP contribution in [0.15, 0.2) is 47.4 Å². The summed E-state index contributed by atoms with van der Waals surface area (Å²) in [6, 6.07) is 11.9. The van der Waals surface area contributed by atoms with Crippen LogP contribution in [0.1, 0.15) is 29.5 Å². The van der Waals surface area contributed by atoms with Gasteiger partial charge in [0.05, 0.1) is 23.5 Å². The molecule has 1 heterocycles. The summed E-state index contributed by atoms with van der Waals surface area (Å²) < 4.78 is 57.8. The van der Waals surface area contributed by atoms with Crippen molar-refractivity contribution in [3.05, 3.63) is 59.2 Å². The summed E-state index contributed by atoms with van der Waals surface area (Å²) in [6.45, 7) is 0.129. The largest absolute Gasteiger partial charge is 0.497 e. The number of hydrogen-bond acceptors (Lipinski definition) is 5. The fourth-order valence-corrected chi connectivity index (χ4v) is 7.69. The molecule has 0 amide bonds. The number of ether oxygens (including phenoxy) is 1. The maximum Gasteiger partial charge on any atom is 0.243 e. The van der Waals surface area contributed by atoms with Gasteiger partial charge in [-0.2, -0.15) is 4.31 Å². The molecule has 1 saturated heterocycles. The maximum atomic E-state index is 13.6. The van der Waals surface area contributed by atoms with Crippen molar-refractivity contribution < 1.29 is 21.6 Å². The Hall–Kier alpha value is -1.90. The minimum atomic E-state index is -3.83. The van der Waals surface area contributed by atoms with Crippen LogP contribution in [0.25, 0.3) is 0 Å². The van der Waals surface area contributed by atoms with Gasteiger partial charge < -0.3 is 4.74 Å². The lowest BCUT2D eigenvalue weighted by Gasteiger charge is -2.28. The van der Waals surface area contributed by atoms with Gasteiger partial charge in [0, 0.05) is 12.6 Å². The molecule has 1 fully saturated rings. The highest BCUT2D eigenvalue weighted by molar-refractivity contribution is 7.92. The van der Waals surface area contributed by atoms with E-state index in [0.717, 1.165) is 30.4 Å². The second-order valence-corrected chi connectivity index (χ2v) is 11.9. The van der Waals surface area contributed by atoms with Crippen LogP contribution < -0.4 is 4.74 Å². The second-order valence-electron chi connectivity index (χ2n) is 7.74. The number of sulfonamides is 1. The Morgan fingerprint density at radius 2 is 1.79 bits per heavy atom. The lowest BCUT2D eigenvalue weighted by molar-refractivity contribution is 0.334. The number of fused-ring (bicyclic) bond motifs is 1. The molecule has 1 aliphatic carbocycles. The van der Waals surface area contributed by atoms with Gasteiger partial charge in [0.1, 0.15) is 5.75 Å². The lowest BCUT2D eigenvalue weighted by atomic mass is 10.1. The van der Waals surface area contributed by atoms with Gasteiger partial charge in [0.25, 0.3) is 0 Å². The first-order valence-corrected chi connectivity index (χ1v) is 13.0. The van der Waals surface area contributed by atoms with Crippen LogP contribution >= 0.6 is 0 Å². The van der Waals surface area contributed by atoms with Crippen LogP contribution in [0.5, 0.6) is 5.75 Å². The molecule has 0 N–H and O–H groups in total. The van der Waals surface area contributed by atoms with Crippen molar-refractivity contribution in [3.63, 3.8) is 0 Å². The van der Waals surface area contributed by atoms with Crippen molar-refractivity contribution >= 4 is 19.9 Å². The quantitative estimate of drug-likeness (QED) is 0.697. The summed E-state index contributed by atoms with van der Waals surface area (Å²) in [5.41, 5.74) is 3.07. The first kappa shape index (κ1) is 20.4. The van der Waals surface area contributed by atoms with E-state index in [0.29, 0.717) is 12.2 Å². The minimum absolute atomic E-state index is 0.0243. The number of aryl methyl sites for hydroxylation is 2. The second kappa shape index (κ2) is 7.74. The third-order valence-corrected chi connectivity index (χ3v) is 9.43. The highest BCUT2D eigenvalue weighted by Crippen LogP contribution is 2.30. The van der Waals surface area contributed by atoms with E-state index in [2.05, 4.69) is 0 Å². The zero-order valence-corrected chi connectivity index (χ0v) is 18.0. The van der Waals surface area contributed by atoms with Crippen molar-refractivity contribution in [2.75, 3.05) is 18.6 Å². The summed E-state index contributed by atoms with van der Waals surface area (Å²) in [4.78, 5) is 0.246. The predicted molar refractivity (Wildman–Crippen MR) is 111 cm³/mol. The summed E-state index contributed by atoms with van der Waals surface area (Å²) >= 11 is 0. The van der Waals surface area contributed by atoms with Gasteiger partial charge in [-0.05, 0) is 66.6 Å². The van der Waals surface area contributed by atoms with Crippen LogP contribution in [0.2, 0.25) is 0 Å². The van der Waals surface area contributed by atoms with E-state index >= 15 is 0 Å². The molecule has 29 heavy (non-hydrogen) atoms. The molecule has 6 nitrogen and oxygen atoms in total. The van der Waals surface area contributed by atoms with E-state index in [1.807, 2.05) is 18.2 Å². The van der Waals surface area contributed by atoms with Gasteiger partial charge in [-0.3, -0.25) is 0 Å². The molecule has 1 atom stereocenters. The molecule has 0 aromatic heterocycles. The van der Waals surface area contributed by atoms with Gasteiger partial charge in [-0.25, -0.2) is 16.8 Å². The van der Waals surface area contributed by atoms with E-state index in [9.17, 15) is 16.8 Å². The fraction of sp³-hybridized carbons (Fsp3) is 0.429. The molecule has 156 valence electrons. The van der Waals surface area contributed by atoms with Gasteiger partial charge in [0.2, 0.25) is 10.0 Å². The van der Waals surface area contributed by atoms with E-state index in [4.69, 9.17) is 4.74 Å². The monoisotopic (exact) mass is 435 g/mol. The van der Waals surface area contributed by atoms with Gasteiger partial charge in [-0.15, -0.1) is 0 Å². The Kier molecular flexibility index (Phi) is 5.44. The molecule has 0 radical (unpaired) electrons. The molecular weight excluding hydrogens is 410 g/mol. The fourth-order valence-electron chi connectivity index (χ4n) is 4.17.